The number of aryl methyl sites for hydroxylation is 1. The fourth-order valence-electron chi connectivity index (χ4n) is 5.64. The van der Waals surface area contributed by atoms with Crippen molar-refractivity contribution in [3.63, 3.8) is 0 Å². The van der Waals surface area contributed by atoms with E-state index in [1.165, 1.54) is 10.6 Å². The van der Waals surface area contributed by atoms with Gasteiger partial charge in [0.2, 0.25) is 23.6 Å². The number of aliphatic carboxylic acids is 3. The van der Waals surface area contributed by atoms with E-state index in [4.69, 9.17) is 22.0 Å². The van der Waals surface area contributed by atoms with Gasteiger partial charge in [-0.15, -0.1) is 5.10 Å². The normalized spacial score (nSPS) is 15.2. The van der Waals surface area contributed by atoms with Crippen LogP contribution in [0.15, 0.2) is 29.3 Å². The van der Waals surface area contributed by atoms with E-state index in [1.54, 1.807) is 12.3 Å². The van der Waals surface area contributed by atoms with Gasteiger partial charge in [0, 0.05) is 25.5 Å². The van der Waals surface area contributed by atoms with Gasteiger partial charge in [-0.3, -0.25) is 43.4 Å². The molecule has 1 aliphatic heterocycles. The number of aliphatic hydroxyl groups excluding tert-OH is 1. The molecule has 0 saturated carbocycles. The second-order valence-electron chi connectivity index (χ2n) is 12.8. The number of nitrogens with two attached hydrogens (primary N) is 2. The summed E-state index contributed by atoms with van der Waals surface area (Å²) in [5, 5.41) is 66.3. The number of amides is 4. The molecule has 1 fully saturated rings. The van der Waals surface area contributed by atoms with Gasteiger partial charge in [-0.05, 0) is 54.7 Å². The Hall–Kier alpha value is -5.45. The zero-order valence-corrected chi connectivity index (χ0v) is 31.0. The molecular formula is C32H45KN14O12. The number of hydrogen-bond acceptors (Lipinski definition) is 15. The summed E-state index contributed by atoms with van der Waals surface area (Å²) in [4.78, 5) is 102. The van der Waals surface area contributed by atoms with E-state index in [-0.39, 0.29) is 95.3 Å². The van der Waals surface area contributed by atoms with Crippen LogP contribution >= 0.6 is 0 Å². The SMILES string of the molecule is Cc1cccn2c(=O)c(-c3nnn[nH]3)cnc12.N=C(N)NCCC[C@H](NC(=O)[C@@H]1CCCN1C(=O)[C@H](CC(=O)O)NC(=O)[C@H](CO)NC(=O)[C@@H](N)CC(=O)O)C(=O)O.[KH]. The topological polar surface area (TPSA) is 416 Å². The van der Waals surface area contributed by atoms with Gasteiger partial charge >= 0.3 is 69.3 Å². The van der Waals surface area contributed by atoms with Crippen LogP contribution in [-0.4, -0.2) is 204 Å². The first-order chi connectivity index (χ1) is 27.4. The minimum absolute atomic E-state index is 0. The maximum atomic E-state index is 13.3. The second-order valence-corrected chi connectivity index (χ2v) is 12.8. The van der Waals surface area contributed by atoms with Crippen molar-refractivity contribution < 1.29 is 54.0 Å². The van der Waals surface area contributed by atoms with E-state index in [9.17, 15) is 53.7 Å². The number of H-pyrrole nitrogens is 1. The first-order valence-electron chi connectivity index (χ1n) is 17.5. The third-order valence-corrected chi connectivity index (χ3v) is 8.51. The fourth-order valence-corrected chi connectivity index (χ4v) is 5.64. The molecule has 316 valence electrons. The van der Waals surface area contributed by atoms with Gasteiger partial charge < -0.3 is 58.1 Å². The van der Waals surface area contributed by atoms with E-state index < -0.39 is 91.2 Å². The predicted molar refractivity (Wildman–Crippen MR) is 203 cm³/mol. The van der Waals surface area contributed by atoms with Crippen molar-refractivity contribution in [1.82, 2.24) is 56.2 Å². The standard InChI is InChI=1S/C22H36N8O11.C10H8N6O.K.H/c23-10(7-15(32)33)17(36)29-13(9-31)18(37)28-12(8-16(34)35)20(39)30-6-2-4-14(30)19(38)27-11(21(40)41)3-1-5-26-22(24)25;1-6-3-2-4-16-9(6)11-5-7(10(16)17)8-12-14-15-13-8;;/h10-14,31H,1-9,23H2,(H,27,38)(H,28,37)(H,29,36)(H,32,33)(H,34,35)(H,40,41)(H4,24,25,26);2-5H,1H3,(H,12,13,14,15);;/t10-,11-,12-,13-,14-;;;/m0.../s1. The molecule has 0 unspecified atom stereocenters. The van der Waals surface area contributed by atoms with Crippen LogP contribution in [0.25, 0.3) is 17.0 Å². The number of pyridine rings is 1. The third-order valence-electron chi connectivity index (χ3n) is 8.51. The molecule has 59 heavy (non-hydrogen) atoms. The molecule has 26 nitrogen and oxygen atoms in total. The van der Waals surface area contributed by atoms with Gasteiger partial charge in [-0.1, -0.05) is 6.07 Å². The number of fused-ring (bicyclic) bond motifs is 1. The average Bonchev–Trinajstić information content (AvgIpc) is 3.88. The van der Waals surface area contributed by atoms with Gasteiger partial charge in [-0.25, -0.2) is 14.9 Å². The van der Waals surface area contributed by atoms with E-state index in [1.807, 2.05) is 18.3 Å². The predicted octanol–water partition coefficient (Wildman–Crippen LogP) is -5.42. The number of aromatic nitrogens is 6. The minimum atomic E-state index is -1.74. The second kappa shape index (κ2) is 23.8. The zero-order chi connectivity index (χ0) is 43.1. The number of aromatic amines is 1. The molecule has 4 amide bonds. The molecule has 0 aliphatic carbocycles. The number of carbonyl (C=O) groups excluding carboxylic acids is 4. The number of guanidine groups is 1. The van der Waals surface area contributed by atoms with Crippen molar-refractivity contribution in [3.8, 4) is 11.4 Å². The number of rotatable bonds is 18. The maximum absolute atomic E-state index is 13.3. The van der Waals surface area contributed by atoms with Crippen molar-refractivity contribution >= 4 is 105 Å². The first-order valence-corrected chi connectivity index (χ1v) is 17.5. The van der Waals surface area contributed by atoms with Crippen LogP contribution in [0.4, 0.5) is 0 Å². The molecular weight excluding hydrogens is 812 g/mol. The van der Waals surface area contributed by atoms with Gasteiger partial charge in [0.25, 0.3) is 5.56 Å². The van der Waals surface area contributed by atoms with Crippen LogP contribution in [0.5, 0.6) is 0 Å². The van der Waals surface area contributed by atoms with E-state index in [2.05, 4.69) is 41.6 Å². The Labute approximate surface area is 376 Å². The van der Waals surface area contributed by atoms with Crippen molar-refractivity contribution in [2.45, 2.75) is 75.7 Å². The van der Waals surface area contributed by atoms with Crippen LogP contribution in [0, 0.1) is 12.3 Å². The Morgan fingerprint density at radius 1 is 1.02 bits per heavy atom. The van der Waals surface area contributed by atoms with Gasteiger partial charge in [0.1, 0.15) is 35.4 Å². The summed E-state index contributed by atoms with van der Waals surface area (Å²) in [5.41, 5.74) is 12.3. The Morgan fingerprint density at radius 2 is 1.69 bits per heavy atom. The zero-order valence-electron chi connectivity index (χ0n) is 31.0. The number of likely N-dealkylation sites (tertiary alicyclic amines) is 1. The molecule has 4 heterocycles. The molecule has 4 rings (SSSR count). The molecule has 27 heteroatoms. The summed E-state index contributed by atoms with van der Waals surface area (Å²) in [7, 11) is 0. The number of nitrogens with one attached hydrogen (secondary N) is 6. The number of carboxylic acids is 3. The van der Waals surface area contributed by atoms with Crippen LogP contribution in [0.3, 0.4) is 0 Å². The number of tetrazole rings is 1. The van der Waals surface area contributed by atoms with Crippen LogP contribution in [0.1, 0.15) is 44.1 Å². The summed E-state index contributed by atoms with van der Waals surface area (Å²) >= 11 is 0. The Morgan fingerprint density at radius 3 is 2.29 bits per heavy atom. The average molecular weight is 857 g/mol. The van der Waals surface area contributed by atoms with E-state index in [0.717, 1.165) is 10.5 Å². The summed E-state index contributed by atoms with van der Waals surface area (Å²) in [6.45, 7) is 1.07. The molecule has 0 radical (unpaired) electrons. The number of hydrogen-bond donors (Lipinski definition) is 12. The molecule has 3 aromatic rings. The molecule has 0 spiro atoms. The summed E-state index contributed by atoms with van der Waals surface area (Å²) in [6, 6.07) is -3.81. The van der Waals surface area contributed by atoms with Crippen molar-refractivity contribution in [3.05, 3.63) is 40.4 Å². The summed E-state index contributed by atoms with van der Waals surface area (Å²) < 4.78 is 1.48. The number of carbonyl (C=O) groups is 7. The molecule has 3 aromatic heterocycles. The van der Waals surface area contributed by atoms with Crippen LogP contribution in [-0.2, 0) is 33.6 Å². The third kappa shape index (κ3) is 14.7. The Kier molecular flexibility index (Phi) is 20.1. The quantitative estimate of drug-likeness (QED) is 0.0246. The molecule has 0 aromatic carbocycles. The van der Waals surface area contributed by atoms with Crippen molar-refractivity contribution in [2.24, 2.45) is 11.5 Å². The van der Waals surface area contributed by atoms with Gasteiger partial charge in [0.05, 0.1) is 25.5 Å². The summed E-state index contributed by atoms with van der Waals surface area (Å²) in [5.74, 6) is -8.27. The van der Waals surface area contributed by atoms with E-state index in [0.29, 0.717) is 23.5 Å². The summed E-state index contributed by atoms with van der Waals surface area (Å²) in [6.07, 6.45) is 2.10. The molecule has 1 aliphatic rings. The molecule has 0 bridgehead atoms. The van der Waals surface area contributed by atoms with E-state index >= 15 is 0 Å². The molecule has 5 atom stereocenters. The first kappa shape index (κ1) is 49.7. The molecule has 14 N–H and O–H groups in total. The Bertz CT molecular complexity index is 2050. The van der Waals surface area contributed by atoms with Crippen molar-refractivity contribution in [2.75, 3.05) is 19.7 Å². The van der Waals surface area contributed by atoms with Gasteiger partial charge in [-0.2, -0.15) is 0 Å². The Balaban J connectivity index is 0.000000546. The number of nitrogens with zero attached hydrogens (tertiary/aromatic N) is 6. The molecule has 1 saturated heterocycles. The monoisotopic (exact) mass is 856 g/mol. The van der Waals surface area contributed by atoms with Gasteiger partial charge in [0.15, 0.2) is 11.8 Å². The fraction of sp³-hybridized carbons (Fsp3) is 0.469. The number of aliphatic hydroxyl groups is 1. The van der Waals surface area contributed by atoms with Crippen LogP contribution in [0.2, 0.25) is 0 Å². The van der Waals surface area contributed by atoms with Crippen LogP contribution < -0.4 is 38.3 Å². The van der Waals surface area contributed by atoms with Crippen molar-refractivity contribution in [1.29, 1.82) is 5.41 Å². The number of carboxylic acid groups (broad SMARTS) is 3.